The quantitative estimate of drug-likeness (QED) is 0.753. The molecule has 2 aliphatic rings. The molecule has 0 bridgehead atoms. The van der Waals surface area contributed by atoms with Crippen LogP contribution in [0.1, 0.15) is 6.42 Å². The molecule has 1 N–H and O–H groups in total. The van der Waals surface area contributed by atoms with Gasteiger partial charge in [0.2, 0.25) is 15.9 Å². The fourth-order valence-electron chi connectivity index (χ4n) is 3.49. The molecule has 2 aliphatic heterocycles. The zero-order valence-electron chi connectivity index (χ0n) is 16.6. The topological polar surface area (TPSA) is 90.0 Å². The van der Waals surface area contributed by atoms with E-state index in [1.807, 2.05) is 18.2 Å². The summed E-state index contributed by atoms with van der Waals surface area (Å²) >= 11 is 5.85. The van der Waals surface area contributed by atoms with Crippen LogP contribution in [0.15, 0.2) is 71.3 Å². The number of carbonyl (C=O) groups excluding carboxylic acids is 2. The van der Waals surface area contributed by atoms with Gasteiger partial charge >= 0.3 is 0 Å². The minimum atomic E-state index is -3.65. The van der Waals surface area contributed by atoms with Crippen LogP contribution in [-0.2, 0) is 19.6 Å². The van der Waals surface area contributed by atoms with Crippen molar-refractivity contribution in [1.29, 1.82) is 0 Å². The lowest BCUT2D eigenvalue weighted by atomic mass is 10.2. The summed E-state index contributed by atoms with van der Waals surface area (Å²) < 4.78 is 27.0. The highest BCUT2D eigenvalue weighted by Gasteiger charge is 2.32. The average molecular weight is 461 g/mol. The Balaban J connectivity index is 1.41. The van der Waals surface area contributed by atoms with Crippen molar-refractivity contribution < 1.29 is 18.0 Å². The van der Waals surface area contributed by atoms with Crippen molar-refractivity contribution >= 4 is 39.1 Å². The zero-order valence-corrected chi connectivity index (χ0v) is 18.1. The minimum Gasteiger partial charge on any atom is -0.335 e. The van der Waals surface area contributed by atoms with Gasteiger partial charge in [-0.25, -0.2) is 13.4 Å². The van der Waals surface area contributed by atoms with E-state index in [1.54, 1.807) is 23.1 Å². The van der Waals surface area contributed by atoms with Crippen LogP contribution < -0.4 is 10.4 Å². The second-order valence-electron chi connectivity index (χ2n) is 7.15. The van der Waals surface area contributed by atoms with Crippen molar-refractivity contribution in [2.24, 2.45) is 0 Å². The largest absolute Gasteiger partial charge is 0.335 e. The van der Waals surface area contributed by atoms with Gasteiger partial charge in [0.05, 0.1) is 10.6 Å². The number of hydrogen-bond acceptors (Lipinski definition) is 5. The first-order valence-electron chi connectivity index (χ1n) is 9.76. The summed E-state index contributed by atoms with van der Waals surface area (Å²) in [6.45, 7) is 0.879. The van der Waals surface area contributed by atoms with Gasteiger partial charge in [-0.05, 0) is 42.5 Å². The van der Waals surface area contributed by atoms with E-state index < -0.39 is 10.0 Å². The number of anilines is 1. The van der Waals surface area contributed by atoms with Crippen molar-refractivity contribution in [2.75, 3.05) is 31.2 Å². The van der Waals surface area contributed by atoms with E-state index in [9.17, 15) is 18.0 Å². The first-order valence-corrected chi connectivity index (χ1v) is 11.6. The molecule has 0 aromatic heterocycles. The second kappa shape index (κ2) is 8.70. The number of rotatable bonds is 4. The SMILES string of the molecule is O=C(C1=CCC(=O)N(c2ccccc2)N1)N1CCN(S(=O)(=O)c2ccc(Cl)cc2)CC1. The van der Waals surface area contributed by atoms with Gasteiger partial charge in [0.1, 0.15) is 5.70 Å². The van der Waals surface area contributed by atoms with Gasteiger partial charge in [-0.2, -0.15) is 4.31 Å². The summed E-state index contributed by atoms with van der Waals surface area (Å²) in [6, 6.07) is 15.0. The fourth-order valence-corrected chi connectivity index (χ4v) is 5.04. The molecule has 0 aliphatic carbocycles. The Hall–Kier alpha value is -2.88. The van der Waals surface area contributed by atoms with Gasteiger partial charge in [-0.3, -0.25) is 15.0 Å². The summed E-state index contributed by atoms with van der Waals surface area (Å²) in [6.07, 6.45) is 1.68. The predicted octanol–water partition coefficient (Wildman–Crippen LogP) is 2.00. The summed E-state index contributed by atoms with van der Waals surface area (Å²) in [7, 11) is -3.65. The number of hydrazine groups is 1. The van der Waals surface area contributed by atoms with Crippen LogP contribution in [0.4, 0.5) is 5.69 Å². The molecule has 1 fully saturated rings. The Morgan fingerprint density at radius 2 is 1.58 bits per heavy atom. The van der Waals surface area contributed by atoms with E-state index in [0.29, 0.717) is 16.4 Å². The lowest BCUT2D eigenvalue weighted by molar-refractivity contribution is -0.129. The monoisotopic (exact) mass is 460 g/mol. The molecule has 31 heavy (non-hydrogen) atoms. The van der Waals surface area contributed by atoms with Crippen LogP contribution in [0.2, 0.25) is 5.02 Å². The standard InChI is InChI=1S/C21H21ClN4O4S/c22-16-6-8-18(9-7-16)31(29,30)25-14-12-24(13-15-25)21(28)19-10-11-20(27)26(23-19)17-4-2-1-3-5-17/h1-10,23H,11-15H2. The van der Waals surface area contributed by atoms with Crippen molar-refractivity contribution in [3.05, 3.63) is 71.4 Å². The molecule has 2 heterocycles. The number of para-hydroxylation sites is 1. The highest BCUT2D eigenvalue weighted by molar-refractivity contribution is 7.89. The highest BCUT2D eigenvalue weighted by atomic mass is 35.5. The lowest BCUT2D eigenvalue weighted by Gasteiger charge is -2.36. The molecule has 2 aromatic rings. The van der Waals surface area contributed by atoms with Gasteiger partial charge < -0.3 is 4.90 Å². The molecular formula is C21H21ClN4O4S. The number of nitrogens with one attached hydrogen (secondary N) is 1. The first kappa shape index (κ1) is 21.4. The van der Waals surface area contributed by atoms with Crippen molar-refractivity contribution in [3.63, 3.8) is 0 Å². The lowest BCUT2D eigenvalue weighted by Crippen LogP contribution is -2.54. The summed E-state index contributed by atoms with van der Waals surface area (Å²) in [5, 5.41) is 1.82. The maximum atomic E-state index is 13.0. The van der Waals surface area contributed by atoms with Crippen LogP contribution in [0.5, 0.6) is 0 Å². The third-order valence-electron chi connectivity index (χ3n) is 5.18. The van der Waals surface area contributed by atoms with Crippen LogP contribution in [0.3, 0.4) is 0 Å². The molecule has 2 amide bonds. The van der Waals surface area contributed by atoms with E-state index in [1.165, 1.54) is 33.6 Å². The number of halogens is 1. The van der Waals surface area contributed by atoms with Gasteiger partial charge in [0.15, 0.2) is 0 Å². The number of sulfonamides is 1. The molecule has 1 saturated heterocycles. The predicted molar refractivity (Wildman–Crippen MR) is 117 cm³/mol. The highest BCUT2D eigenvalue weighted by Crippen LogP contribution is 2.21. The van der Waals surface area contributed by atoms with Crippen molar-refractivity contribution in [3.8, 4) is 0 Å². The third-order valence-corrected chi connectivity index (χ3v) is 7.35. The Bertz CT molecular complexity index is 1110. The Labute approximate surface area is 185 Å². The minimum absolute atomic E-state index is 0.105. The first-order chi connectivity index (χ1) is 14.9. The normalized spacial score (nSPS) is 17.8. The van der Waals surface area contributed by atoms with E-state index in [-0.39, 0.29) is 49.3 Å². The third kappa shape index (κ3) is 4.43. The second-order valence-corrected chi connectivity index (χ2v) is 9.52. The van der Waals surface area contributed by atoms with Crippen LogP contribution in [0, 0.1) is 0 Å². The van der Waals surface area contributed by atoms with Crippen molar-refractivity contribution in [2.45, 2.75) is 11.3 Å². The van der Waals surface area contributed by atoms with Crippen molar-refractivity contribution in [1.82, 2.24) is 14.6 Å². The number of hydrogen-bond donors (Lipinski definition) is 1. The van der Waals surface area contributed by atoms with E-state index in [2.05, 4.69) is 5.43 Å². The average Bonchev–Trinajstić information content (AvgIpc) is 2.80. The van der Waals surface area contributed by atoms with Gasteiger partial charge in [0.25, 0.3) is 5.91 Å². The molecule has 10 heteroatoms. The maximum Gasteiger partial charge on any atom is 0.271 e. The molecule has 0 atom stereocenters. The molecule has 0 radical (unpaired) electrons. The molecular weight excluding hydrogens is 440 g/mol. The number of nitrogens with zero attached hydrogens (tertiary/aromatic N) is 3. The smallest absolute Gasteiger partial charge is 0.271 e. The number of piperazine rings is 1. The Morgan fingerprint density at radius 3 is 2.23 bits per heavy atom. The fraction of sp³-hybridized carbons (Fsp3) is 0.238. The van der Waals surface area contributed by atoms with E-state index >= 15 is 0 Å². The summed E-state index contributed by atoms with van der Waals surface area (Å²) in [5.74, 6) is -0.432. The molecule has 0 spiro atoms. The molecule has 8 nitrogen and oxygen atoms in total. The maximum absolute atomic E-state index is 13.0. The van der Waals surface area contributed by atoms with Gasteiger partial charge in [-0.1, -0.05) is 29.8 Å². The van der Waals surface area contributed by atoms with Crippen LogP contribution in [0.25, 0.3) is 0 Å². The van der Waals surface area contributed by atoms with Gasteiger partial charge in [0, 0.05) is 37.6 Å². The Kier molecular flexibility index (Phi) is 5.99. The summed E-state index contributed by atoms with van der Waals surface area (Å²) in [4.78, 5) is 27.0. The zero-order chi connectivity index (χ0) is 22.0. The molecule has 2 aromatic carbocycles. The molecule has 162 valence electrons. The van der Waals surface area contributed by atoms with E-state index in [4.69, 9.17) is 11.6 Å². The van der Waals surface area contributed by atoms with Crippen LogP contribution in [-0.4, -0.2) is 55.6 Å². The summed E-state index contributed by atoms with van der Waals surface area (Å²) in [5.41, 5.74) is 3.85. The van der Waals surface area contributed by atoms with Gasteiger partial charge in [-0.15, -0.1) is 0 Å². The number of amides is 2. The molecule has 0 saturated carbocycles. The Morgan fingerprint density at radius 1 is 0.935 bits per heavy atom. The van der Waals surface area contributed by atoms with Crippen LogP contribution >= 0.6 is 11.6 Å². The number of carbonyl (C=O) groups is 2. The molecule has 4 rings (SSSR count). The van der Waals surface area contributed by atoms with E-state index in [0.717, 1.165) is 0 Å². The number of benzene rings is 2. The molecule has 0 unspecified atom stereocenters.